The Bertz CT molecular complexity index is 885. The first-order chi connectivity index (χ1) is 12.6. The minimum Gasteiger partial charge on any atom is -0.341 e. The number of nitrogens with zero attached hydrogens (tertiary/aromatic N) is 1. The number of hydrogen-bond acceptors (Lipinski definition) is 3. The van der Waals surface area contributed by atoms with Crippen molar-refractivity contribution in [3.63, 3.8) is 0 Å². The van der Waals surface area contributed by atoms with Crippen molar-refractivity contribution in [1.29, 1.82) is 0 Å². The van der Waals surface area contributed by atoms with Gasteiger partial charge >= 0.3 is 0 Å². The summed E-state index contributed by atoms with van der Waals surface area (Å²) in [5, 5.41) is 14.3. The molecule has 0 bridgehead atoms. The van der Waals surface area contributed by atoms with Crippen molar-refractivity contribution < 1.29 is 9.72 Å². The second-order valence-electron chi connectivity index (χ2n) is 5.96. The van der Waals surface area contributed by atoms with E-state index in [9.17, 15) is 14.9 Å². The molecule has 0 aromatic heterocycles. The Morgan fingerprint density at radius 1 is 0.885 bits per heavy atom. The molecule has 5 heteroatoms. The molecule has 0 atom stereocenters. The maximum atomic E-state index is 12.9. The van der Waals surface area contributed by atoms with Crippen molar-refractivity contribution in [1.82, 2.24) is 5.32 Å². The summed E-state index contributed by atoms with van der Waals surface area (Å²) in [6, 6.07) is 23.4. The van der Waals surface area contributed by atoms with E-state index in [1.165, 1.54) is 6.07 Å². The van der Waals surface area contributed by atoms with Gasteiger partial charge in [0.25, 0.3) is 11.6 Å². The molecule has 3 aromatic carbocycles. The third kappa shape index (κ3) is 3.62. The van der Waals surface area contributed by atoms with Crippen molar-refractivity contribution in [2.24, 2.45) is 0 Å². The largest absolute Gasteiger partial charge is 0.341 e. The van der Waals surface area contributed by atoms with Gasteiger partial charge in [-0.05, 0) is 24.1 Å². The van der Waals surface area contributed by atoms with Crippen LogP contribution in [-0.4, -0.2) is 10.8 Å². The lowest BCUT2D eigenvalue weighted by Gasteiger charge is -2.20. The summed E-state index contributed by atoms with van der Waals surface area (Å²) in [6.45, 7) is 1.63. The average molecular weight is 346 g/mol. The quantitative estimate of drug-likeness (QED) is 0.549. The van der Waals surface area contributed by atoms with E-state index in [1.54, 1.807) is 19.1 Å². The fraction of sp³-hybridized carbons (Fsp3) is 0.0952. The molecule has 0 radical (unpaired) electrons. The summed E-state index contributed by atoms with van der Waals surface area (Å²) in [7, 11) is 0. The highest BCUT2D eigenvalue weighted by molar-refractivity contribution is 5.99. The van der Waals surface area contributed by atoms with Gasteiger partial charge in [-0.1, -0.05) is 72.8 Å². The van der Waals surface area contributed by atoms with Gasteiger partial charge in [0, 0.05) is 5.56 Å². The fourth-order valence-corrected chi connectivity index (χ4v) is 2.94. The first kappa shape index (κ1) is 17.4. The van der Waals surface area contributed by atoms with Crippen molar-refractivity contribution >= 4 is 11.6 Å². The molecule has 0 fully saturated rings. The molecule has 1 N–H and O–H groups in total. The summed E-state index contributed by atoms with van der Waals surface area (Å²) < 4.78 is 0. The highest BCUT2D eigenvalue weighted by Gasteiger charge is 2.25. The normalized spacial score (nSPS) is 10.5. The van der Waals surface area contributed by atoms with E-state index in [1.807, 2.05) is 60.7 Å². The molecule has 130 valence electrons. The molecule has 0 aliphatic heterocycles. The van der Waals surface area contributed by atoms with E-state index in [-0.39, 0.29) is 11.3 Å². The Kier molecular flexibility index (Phi) is 5.08. The number of rotatable bonds is 5. The van der Waals surface area contributed by atoms with E-state index in [0.717, 1.165) is 11.1 Å². The number of nitro benzene ring substituents is 1. The fourth-order valence-electron chi connectivity index (χ4n) is 2.94. The predicted octanol–water partition coefficient (Wildman–Crippen LogP) is 4.42. The van der Waals surface area contributed by atoms with E-state index < -0.39 is 16.9 Å². The lowest BCUT2D eigenvalue weighted by atomic mass is 9.98. The second-order valence-corrected chi connectivity index (χ2v) is 5.96. The van der Waals surface area contributed by atoms with Crippen molar-refractivity contribution in [3.05, 3.63) is 111 Å². The van der Waals surface area contributed by atoms with Gasteiger partial charge in [0.2, 0.25) is 0 Å². The highest BCUT2D eigenvalue weighted by atomic mass is 16.6. The first-order valence-electron chi connectivity index (χ1n) is 8.22. The molecule has 1 amide bonds. The molecule has 3 aromatic rings. The number of nitrogens with one attached hydrogen (secondary N) is 1. The van der Waals surface area contributed by atoms with Crippen LogP contribution in [-0.2, 0) is 0 Å². The number of aryl methyl sites for hydroxylation is 1. The molecule has 0 unspecified atom stereocenters. The molecule has 0 aliphatic rings. The average Bonchev–Trinajstić information content (AvgIpc) is 2.66. The monoisotopic (exact) mass is 346 g/mol. The minimum atomic E-state index is -0.510. The number of benzene rings is 3. The number of carbonyl (C=O) groups excluding carboxylic acids is 1. The van der Waals surface area contributed by atoms with Gasteiger partial charge in [-0.2, -0.15) is 0 Å². The van der Waals surface area contributed by atoms with Gasteiger partial charge in [-0.15, -0.1) is 0 Å². The van der Waals surface area contributed by atoms with Crippen LogP contribution in [0.4, 0.5) is 5.69 Å². The second kappa shape index (κ2) is 7.61. The van der Waals surface area contributed by atoms with Gasteiger partial charge in [-0.3, -0.25) is 14.9 Å². The molecule has 0 aliphatic carbocycles. The summed E-state index contributed by atoms with van der Waals surface area (Å²) in [5.74, 6) is -0.474. The Morgan fingerprint density at radius 2 is 1.42 bits per heavy atom. The SMILES string of the molecule is Cc1cccc(C(=O)NC(c2ccccc2)c2ccccc2)c1[N+](=O)[O-]. The number of hydrogen-bond donors (Lipinski definition) is 1. The van der Waals surface area contributed by atoms with Crippen LogP contribution in [0.3, 0.4) is 0 Å². The molecule has 0 spiro atoms. The molecule has 5 nitrogen and oxygen atoms in total. The van der Waals surface area contributed by atoms with Gasteiger partial charge < -0.3 is 5.32 Å². The predicted molar refractivity (Wildman–Crippen MR) is 100 cm³/mol. The molecular weight excluding hydrogens is 328 g/mol. The first-order valence-corrected chi connectivity index (χ1v) is 8.22. The van der Waals surface area contributed by atoms with E-state index >= 15 is 0 Å². The summed E-state index contributed by atoms with van der Waals surface area (Å²) in [4.78, 5) is 23.8. The zero-order valence-electron chi connectivity index (χ0n) is 14.3. The zero-order valence-corrected chi connectivity index (χ0v) is 14.3. The topological polar surface area (TPSA) is 72.2 Å². The van der Waals surface area contributed by atoms with Gasteiger partial charge in [0.15, 0.2) is 0 Å². The maximum Gasteiger partial charge on any atom is 0.285 e. The number of amides is 1. The van der Waals surface area contributed by atoms with Crippen LogP contribution < -0.4 is 5.32 Å². The molecule has 26 heavy (non-hydrogen) atoms. The third-order valence-corrected chi connectivity index (χ3v) is 4.21. The third-order valence-electron chi connectivity index (χ3n) is 4.21. The number of carbonyl (C=O) groups is 1. The summed E-state index contributed by atoms with van der Waals surface area (Å²) in [6.07, 6.45) is 0. The summed E-state index contributed by atoms with van der Waals surface area (Å²) >= 11 is 0. The van der Waals surface area contributed by atoms with Crippen LogP contribution in [0.5, 0.6) is 0 Å². The van der Waals surface area contributed by atoms with Crippen LogP contribution >= 0.6 is 0 Å². The van der Waals surface area contributed by atoms with Crippen LogP contribution in [0.1, 0.15) is 33.1 Å². The molecule has 0 heterocycles. The van der Waals surface area contributed by atoms with Crippen LogP contribution in [0.2, 0.25) is 0 Å². The smallest absolute Gasteiger partial charge is 0.285 e. The highest BCUT2D eigenvalue weighted by Crippen LogP contribution is 2.26. The van der Waals surface area contributed by atoms with E-state index in [2.05, 4.69) is 5.32 Å². The molecule has 3 rings (SSSR count). The standard InChI is InChI=1S/C21H18N2O3/c1-15-9-8-14-18(20(15)23(25)26)21(24)22-19(16-10-4-2-5-11-16)17-12-6-3-7-13-17/h2-14,19H,1H3,(H,22,24). The molecular formula is C21H18N2O3. The molecule has 0 saturated carbocycles. The van der Waals surface area contributed by atoms with Gasteiger partial charge in [0.1, 0.15) is 5.56 Å². The van der Waals surface area contributed by atoms with Crippen LogP contribution in [0.25, 0.3) is 0 Å². The number of nitro groups is 1. The number of para-hydroxylation sites is 1. The summed E-state index contributed by atoms with van der Waals surface area (Å²) in [5.41, 5.74) is 2.17. The molecule has 0 saturated heterocycles. The van der Waals surface area contributed by atoms with Gasteiger partial charge in [-0.25, -0.2) is 0 Å². The van der Waals surface area contributed by atoms with Crippen molar-refractivity contribution in [2.45, 2.75) is 13.0 Å². The van der Waals surface area contributed by atoms with Crippen molar-refractivity contribution in [2.75, 3.05) is 0 Å². The van der Waals surface area contributed by atoms with E-state index in [0.29, 0.717) is 5.56 Å². The Balaban J connectivity index is 2.00. The Labute approximate surface area is 151 Å². The minimum absolute atomic E-state index is 0.0619. The lowest BCUT2D eigenvalue weighted by molar-refractivity contribution is -0.385. The van der Waals surface area contributed by atoms with E-state index in [4.69, 9.17) is 0 Å². The Morgan fingerprint density at radius 3 is 1.92 bits per heavy atom. The zero-order chi connectivity index (χ0) is 18.5. The lowest BCUT2D eigenvalue weighted by Crippen LogP contribution is -2.30. The van der Waals surface area contributed by atoms with Crippen LogP contribution in [0, 0.1) is 17.0 Å². The van der Waals surface area contributed by atoms with Gasteiger partial charge in [0.05, 0.1) is 11.0 Å². The van der Waals surface area contributed by atoms with Crippen molar-refractivity contribution in [3.8, 4) is 0 Å². The van der Waals surface area contributed by atoms with Crippen LogP contribution in [0.15, 0.2) is 78.9 Å². The maximum absolute atomic E-state index is 12.9. The Hall–Kier alpha value is -3.47.